The molecule has 0 bridgehead atoms. The number of nitrogens with one attached hydrogen (secondary N) is 1. The second-order valence-corrected chi connectivity index (χ2v) is 8.86. The Kier molecular flexibility index (Phi) is 7.44. The van der Waals surface area contributed by atoms with Crippen LogP contribution in [0.5, 0.6) is 5.75 Å². The van der Waals surface area contributed by atoms with Crippen molar-refractivity contribution in [3.8, 4) is 17.1 Å². The first kappa shape index (κ1) is 24.8. The van der Waals surface area contributed by atoms with Crippen molar-refractivity contribution in [3.63, 3.8) is 0 Å². The largest absolute Gasteiger partial charge is 0.496 e. The highest BCUT2D eigenvalue weighted by molar-refractivity contribution is 7.80. The number of rotatable bonds is 5. The topological polar surface area (TPSA) is 101 Å². The zero-order valence-electron chi connectivity index (χ0n) is 18.5. The van der Waals surface area contributed by atoms with Crippen LogP contribution >= 0.6 is 35.4 Å². The van der Waals surface area contributed by atoms with E-state index in [-0.39, 0.29) is 16.6 Å². The van der Waals surface area contributed by atoms with E-state index in [0.29, 0.717) is 59.0 Å². The van der Waals surface area contributed by atoms with Crippen molar-refractivity contribution in [2.45, 2.75) is 0 Å². The lowest BCUT2D eigenvalue weighted by atomic mass is 10.2. The molecule has 1 amide bonds. The predicted molar refractivity (Wildman–Crippen MR) is 138 cm³/mol. The van der Waals surface area contributed by atoms with Crippen LogP contribution in [-0.2, 0) is 0 Å². The molecular weight excluding hydrogens is 515 g/mol. The van der Waals surface area contributed by atoms with Crippen molar-refractivity contribution < 1.29 is 18.9 Å². The first-order chi connectivity index (χ1) is 16.8. The molecule has 1 aliphatic heterocycles. The van der Waals surface area contributed by atoms with Crippen LogP contribution in [0, 0.1) is 10.1 Å². The van der Waals surface area contributed by atoms with Crippen LogP contribution in [0.15, 0.2) is 52.9 Å². The van der Waals surface area contributed by atoms with Gasteiger partial charge in [0.05, 0.1) is 23.1 Å². The molecule has 4 rings (SSSR count). The maximum atomic E-state index is 12.7. The first-order valence-electron chi connectivity index (χ1n) is 10.5. The van der Waals surface area contributed by atoms with Crippen LogP contribution in [-0.4, -0.2) is 54.1 Å². The Bertz CT molecular complexity index is 1290. The average molecular weight is 535 g/mol. The molecular formula is C23H20Cl2N4O5S. The Hall–Kier alpha value is -3.34. The molecule has 1 N–H and O–H groups in total. The van der Waals surface area contributed by atoms with Gasteiger partial charge < -0.3 is 19.0 Å². The fourth-order valence-corrected chi connectivity index (χ4v) is 4.38. The van der Waals surface area contributed by atoms with E-state index in [1.54, 1.807) is 36.4 Å². The number of hydrogen-bond donors (Lipinski definition) is 1. The van der Waals surface area contributed by atoms with Gasteiger partial charge in [-0.1, -0.05) is 23.2 Å². The molecule has 3 aromatic rings. The number of carbonyl (C=O) groups is 1. The normalized spacial score (nSPS) is 13.5. The molecule has 9 nitrogen and oxygen atoms in total. The fourth-order valence-electron chi connectivity index (χ4n) is 3.72. The maximum Gasteiger partial charge on any atom is 0.296 e. The number of anilines is 1. The first-order valence-corrected chi connectivity index (χ1v) is 11.7. The number of halogens is 2. The molecule has 1 aliphatic rings. The van der Waals surface area contributed by atoms with Gasteiger partial charge in [-0.2, -0.15) is 0 Å². The van der Waals surface area contributed by atoms with Gasteiger partial charge in [0, 0.05) is 36.8 Å². The SMILES string of the molecule is COc1ccc(N2CCN(C(=S)NC(=O)c3ccc(-c4cc(Cl)ccc4Cl)o3)CC2)c([N+](=O)[O-])c1. The summed E-state index contributed by atoms with van der Waals surface area (Å²) in [5, 5.41) is 15.4. The van der Waals surface area contributed by atoms with Crippen molar-refractivity contribution in [1.29, 1.82) is 0 Å². The van der Waals surface area contributed by atoms with E-state index in [1.807, 2.05) is 9.80 Å². The maximum absolute atomic E-state index is 12.7. The van der Waals surface area contributed by atoms with E-state index in [9.17, 15) is 14.9 Å². The lowest BCUT2D eigenvalue weighted by Crippen LogP contribution is -2.52. The number of nitro benzene ring substituents is 1. The van der Waals surface area contributed by atoms with Crippen LogP contribution in [0.1, 0.15) is 10.6 Å². The second-order valence-electron chi connectivity index (χ2n) is 7.63. The van der Waals surface area contributed by atoms with Gasteiger partial charge in [-0.3, -0.25) is 20.2 Å². The van der Waals surface area contributed by atoms with E-state index in [2.05, 4.69) is 5.32 Å². The van der Waals surface area contributed by atoms with E-state index < -0.39 is 10.8 Å². The molecule has 0 aliphatic carbocycles. The summed E-state index contributed by atoms with van der Waals surface area (Å²) < 4.78 is 10.8. The number of furan rings is 1. The van der Waals surface area contributed by atoms with Crippen LogP contribution in [0.3, 0.4) is 0 Å². The lowest BCUT2D eigenvalue weighted by molar-refractivity contribution is -0.384. The van der Waals surface area contributed by atoms with Crippen molar-refractivity contribution in [1.82, 2.24) is 10.2 Å². The standard InChI is InChI=1S/C23H20Cl2N4O5S/c1-33-15-3-5-18(19(13-15)29(31)32)27-8-10-28(11-9-27)23(35)26-22(30)21-7-6-20(34-21)16-12-14(24)2-4-17(16)25/h2-7,12-13H,8-11H2,1H3,(H,26,30,35). The lowest BCUT2D eigenvalue weighted by Gasteiger charge is -2.36. The highest BCUT2D eigenvalue weighted by atomic mass is 35.5. The highest BCUT2D eigenvalue weighted by Gasteiger charge is 2.26. The Morgan fingerprint density at radius 1 is 1.11 bits per heavy atom. The summed E-state index contributed by atoms with van der Waals surface area (Å²) >= 11 is 17.7. The fraction of sp³-hybridized carbons (Fsp3) is 0.217. The van der Waals surface area contributed by atoms with E-state index >= 15 is 0 Å². The van der Waals surface area contributed by atoms with Crippen LogP contribution in [0.2, 0.25) is 10.0 Å². The molecule has 182 valence electrons. The molecule has 0 atom stereocenters. The number of thiocarbonyl (C=S) groups is 1. The molecule has 2 heterocycles. The molecule has 1 aromatic heterocycles. The summed E-state index contributed by atoms with van der Waals surface area (Å²) in [6.45, 7) is 1.93. The van der Waals surface area contributed by atoms with Gasteiger partial charge in [-0.15, -0.1) is 0 Å². The number of benzene rings is 2. The molecule has 1 fully saturated rings. The average Bonchev–Trinajstić information content (AvgIpc) is 3.35. The summed E-state index contributed by atoms with van der Waals surface area (Å²) in [6, 6.07) is 12.9. The van der Waals surface area contributed by atoms with Gasteiger partial charge in [0.25, 0.3) is 11.6 Å². The van der Waals surface area contributed by atoms with Gasteiger partial charge >= 0.3 is 0 Å². The number of piperazine rings is 1. The molecule has 0 spiro atoms. The molecule has 0 saturated carbocycles. The third-order valence-electron chi connectivity index (χ3n) is 5.53. The number of methoxy groups -OCH3 is 1. The van der Waals surface area contributed by atoms with E-state index in [0.717, 1.165) is 0 Å². The van der Waals surface area contributed by atoms with E-state index in [1.165, 1.54) is 19.2 Å². The van der Waals surface area contributed by atoms with Gasteiger partial charge in [0.2, 0.25) is 0 Å². The van der Waals surface area contributed by atoms with E-state index in [4.69, 9.17) is 44.6 Å². The number of nitro groups is 1. The summed E-state index contributed by atoms with van der Waals surface area (Å²) in [4.78, 5) is 27.5. The molecule has 1 saturated heterocycles. The highest BCUT2D eigenvalue weighted by Crippen LogP contribution is 2.33. The number of amides is 1. The van der Waals surface area contributed by atoms with Crippen LogP contribution < -0.4 is 15.0 Å². The molecule has 0 radical (unpaired) electrons. The Balaban J connectivity index is 1.38. The number of hydrogen-bond acceptors (Lipinski definition) is 7. The Morgan fingerprint density at radius 2 is 1.86 bits per heavy atom. The third-order valence-corrected chi connectivity index (χ3v) is 6.46. The van der Waals surface area contributed by atoms with Crippen LogP contribution in [0.4, 0.5) is 11.4 Å². The zero-order chi connectivity index (χ0) is 25.1. The summed E-state index contributed by atoms with van der Waals surface area (Å²) in [5.41, 5.74) is 1.06. The van der Waals surface area contributed by atoms with Gasteiger partial charge in [-0.05, 0) is 54.7 Å². The minimum absolute atomic E-state index is 0.0258. The number of nitrogens with zero attached hydrogens (tertiary/aromatic N) is 3. The minimum atomic E-state index is -0.493. The zero-order valence-corrected chi connectivity index (χ0v) is 20.8. The molecule has 35 heavy (non-hydrogen) atoms. The predicted octanol–water partition coefficient (Wildman–Crippen LogP) is 5.01. The third kappa shape index (κ3) is 5.50. The van der Waals surface area contributed by atoms with Gasteiger partial charge in [0.15, 0.2) is 10.9 Å². The van der Waals surface area contributed by atoms with Crippen LogP contribution in [0.25, 0.3) is 11.3 Å². The van der Waals surface area contributed by atoms with Gasteiger partial charge in [0.1, 0.15) is 17.2 Å². The summed E-state index contributed by atoms with van der Waals surface area (Å²) in [7, 11) is 1.46. The van der Waals surface area contributed by atoms with Crippen molar-refractivity contribution in [2.75, 3.05) is 38.2 Å². The Morgan fingerprint density at radius 3 is 2.54 bits per heavy atom. The van der Waals surface area contributed by atoms with Crippen molar-refractivity contribution >= 4 is 57.8 Å². The number of carbonyl (C=O) groups excluding carboxylic acids is 1. The monoisotopic (exact) mass is 534 g/mol. The second kappa shape index (κ2) is 10.5. The molecule has 0 unspecified atom stereocenters. The minimum Gasteiger partial charge on any atom is -0.496 e. The van der Waals surface area contributed by atoms with Crippen molar-refractivity contribution in [2.24, 2.45) is 0 Å². The summed E-state index contributed by atoms with van der Waals surface area (Å²) in [6.07, 6.45) is 0. The summed E-state index contributed by atoms with van der Waals surface area (Å²) in [5.74, 6) is 0.406. The van der Waals surface area contributed by atoms with Gasteiger partial charge in [-0.25, -0.2) is 0 Å². The Labute approximate surface area is 216 Å². The quantitative estimate of drug-likeness (QED) is 0.277. The number of ether oxygens (including phenoxy) is 1. The smallest absolute Gasteiger partial charge is 0.296 e. The molecule has 12 heteroatoms. The molecule has 2 aromatic carbocycles. The van der Waals surface area contributed by atoms with Crippen molar-refractivity contribution in [3.05, 3.63) is 74.5 Å².